The lowest BCUT2D eigenvalue weighted by Gasteiger charge is -2.22. The number of benzene rings is 2. The summed E-state index contributed by atoms with van der Waals surface area (Å²) < 4.78 is 0. The van der Waals surface area contributed by atoms with E-state index >= 15 is 0 Å². The molecule has 0 radical (unpaired) electrons. The lowest BCUT2D eigenvalue weighted by molar-refractivity contribution is 0.554. The maximum atomic E-state index is 3.76. The van der Waals surface area contributed by atoms with Crippen LogP contribution in [0, 0.1) is 0 Å². The molecule has 0 aliphatic carbocycles. The quantitative estimate of drug-likeness (QED) is 0.825. The van der Waals surface area contributed by atoms with E-state index in [4.69, 9.17) is 0 Å². The molecular weight excluding hydrogens is 341 g/mol. The summed E-state index contributed by atoms with van der Waals surface area (Å²) in [7, 11) is 0. The maximum absolute atomic E-state index is 3.76. The zero-order valence-electron chi connectivity index (χ0n) is 14.1. The van der Waals surface area contributed by atoms with Crippen LogP contribution in [0.3, 0.4) is 0 Å². The van der Waals surface area contributed by atoms with Gasteiger partial charge in [-0.2, -0.15) is 0 Å². The van der Waals surface area contributed by atoms with Gasteiger partial charge in [0, 0.05) is 24.8 Å². The summed E-state index contributed by atoms with van der Waals surface area (Å²) in [5.41, 5.74) is 6.86. The highest BCUT2D eigenvalue weighted by molar-refractivity contribution is 5.86. The van der Waals surface area contributed by atoms with Gasteiger partial charge in [0.2, 0.25) is 0 Å². The molecule has 2 heterocycles. The van der Waals surface area contributed by atoms with Gasteiger partial charge < -0.3 is 15.5 Å². The lowest BCUT2D eigenvalue weighted by atomic mass is 10.0. The Hall–Kier alpha value is -1.42. The number of hydrogen-bond acceptors (Lipinski definition) is 3. The third-order valence-corrected chi connectivity index (χ3v) is 4.66. The number of para-hydroxylation sites is 3. The lowest BCUT2D eigenvalue weighted by Crippen LogP contribution is -2.31. The highest BCUT2D eigenvalue weighted by Crippen LogP contribution is 2.46. The smallest absolute Gasteiger partial charge is 0.0659 e. The molecule has 0 aromatic heterocycles. The Morgan fingerprint density at radius 3 is 2.71 bits per heavy atom. The molecule has 5 heteroatoms. The van der Waals surface area contributed by atoms with Crippen molar-refractivity contribution >= 4 is 41.9 Å². The van der Waals surface area contributed by atoms with Crippen LogP contribution in [0.4, 0.5) is 17.1 Å². The van der Waals surface area contributed by atoms with Gasteiger partial charge in [-0.25, -0.2) is 0 Å². The summed E-state index contributed by atoms with van der Waals surface area (Å²) in [6, 6.07) is 16.2. The first-order valence-corrected chi connectivity index (χ1v) is 8.22. The van der Waals surface area contributed by atoms with Gasteiger partial charge in [0.1, 0.15) is 0 Å². The minimum absolute atomic E-state index is 0. The second-order valence-corrected chi connectivity index (χ2v) is 6.53. The average Bonchev–Trinajstić information content (AvgIpc) is 2.89. The molecular formula is C19H25Cl2N3. The minimum Gasteiger partial charge on any atom is -0.375 e. The molecule has 4 rings (SSSR count). The summed E-state index contributed by atoms with van der Waals surface area (Å²) >= 11 is 0. The third-order valence-electron chi connectivity index (χ3n) is 4.66. The SMILES string of the molecule is CC(C)NCC1Nc2ccccc2N2CCc3cccc1c32.Cl.Cl. The Morgan fingerprint density at radius 1 is 1.12 bits per heavy atom. The Bertz CT molecular complexity index is 703. The van der Waals surface area contributed by atoms with E-state index in [1.165, 1.54) is 28.2 Å². The van der Waals surface area contributed by atoms with Crippen molar-refractivity contribution in [1.82, 2.24) is 5.32 Å². The van der Waals surface area contributed by atoms with Crippen LogP contribution in [0.5, 0.6) is 0 Å². The fraction of sp³-hybridized carbons (Fsp3) is 0.368. The zero-order valence-corrected chi connectivity index (χ0v) is 15.7. The molecule has 3 nitrogen and oxygen atoms in total. The van der Waals surface area contributed by atoms with Gasteiger partial charge in [0.15, 0.2) is 0 Å². The molecule has 0 fully saturated rings. The van der Waals surface area contributed by atoms with Crippen molar-refractivity contribution in [2.75, 3.05) is 23.3 Å². The van der Waals surface area contributed by atoms with Crippen molar-refractivity contribution < 1.29 is 0 Å². The van der Waals surface area contributed by atoms with Crippen molar-refractivity contribution in [2.24, 2.45) is 0 Å². The number of nitrogens with zero attached hydrogens (tertiary/aromatic N) is 1. The monoisotopic (exact) mass is 365 g/mol. The second kappa shape index (κ2) is 7.64. The van der Waals surface area contributed by atoms with Crippen molar-refractivity contribution in [1.29, 1.82) is 0 Å². The van der Waals surface area contributed by atoms with Crippen LogP contribution in [0.1, 0.15) is 31.0 Å². The largest absolute Gasteiger partial charge is 0.375 e. The molecule has 0 bridgehead atoms. The van der Waals surface area contributed by atoms with E-state index in [0.29, 0.717) is 12.1 Å². The minimum atomic E-state index is 0. The van der Waals surface area contributed by atoms with Crippen LogP contribution in [0.25, 0.3) is 0 Å². The first-order chi connectivity index (χ1) is 10.7. The predicted octanol–water partition coefficient (Wildman–Crippen LogP) is 4.69. The second-order valence-electron chi connectivity index (χ2n) is 6.53. The number of halogens is 2. The van der Waals surface area contributed by atoms with Crippen molar-refractivity contribution in [3.05, 3.63) is 53.6 Å². The number of rotatable bonds is 3. The first kappa shape index (κ1) is 18.9. The average molecular weight is 366 g/mol. The molecule has 130 valence electrons. The molecule has 2 aliphatic rings. The van der Waals surface area contributed by atoms with Crippen LogP contribution < -0.4 is 15.5 Å². The third kappa shape index (κ3) is 3.21. The van der Waals surface area contributed by atoms with Gasteiger partial charge in [-0.1, -0.05) is 44.2 Å². The van der Waals surface area contributed by atoms with Gasteiger partial charge in [-0.05, 0) is 29.7 Å². The van der Waals surface area contributed by atoms with E-state index in [2.05, 4.69) is 71.8 Å². The number of anilines is 3. The maximum Gasteiger partial charge on any atom is 0.0659 e. The Balaban J connectivity index is 0.00000104. The van der Waals surface area contributed by atoms with Gasteiger partial charge in [-0.15, -0.1) is 24.8 Å². The number of hydrogen-bond donors (Lipinski definition) is 2. The normalized spacial score (nSPS) is 17.1. The Morgan fingerprint density at radius 2 is 1.92 bits per heavy atom. The molecule has 1 unspecified atom stereocenters. The molecule has 0 saturated heterocycles. The van der Waals surface area contributed by atoms with Gasteiger partial charge in [0.05, 0.1) is 17.4 Å². The van der Waals surface area contributed by atoms with E-state index in [-0.39, 0.29) is 24.8 Å². The topological polar surface area (TPSA) is 27.3 Å². The van der Waals surface area contributed by atoms with E-state index in [1.54, 1.807) is 0 Å². The molecule has 2 aromatic carbocycles. The molecule has 0 amide bonds. The summed E-state index contributed by atoms with van der Waals surface area (Å²) in [4.78, 5) is 2.49. The van der Waals surface area contributed by atoms with Crippen LogP contribution in [-0.4, -0.2) is 19.1 Å². The highest BCUT2D eigenvalue weighted by atomic mass is 35.5. The van der Waals surface area contributed by atoms with Crippen molar-refractivity contribution in [3.8, 4) is 0 Å². The van der Waals surface area contributed by atoms with E-state index < -0.39 is 0 Å². The molecule has 0 saturated carbocycles. The molecule has 2 aromatic rings. The standard InChI is InChI=1S/C19H23N3.2ClH/c1-13(2)20-12-17-15-7-5-6-14-10-11-22(19(14)15)18-9-4-3-8-16(18)21-17;;/h3-9,13,17,20-21H,10-12H2,1-2H3;2*1H. The van der Waals surface area contributed by atoms with Gasteiger partial charge >= 0.3 is 0 Å². The van der Waals surface area contributed by atoms with Crippen LogP contribution in [0.2, 0.25) is 0 Å². The fourth-order valence-corrected chi connectivity index (χ4v) is 3.62. The van der Waals surface area contributed by atoms with Crippen LogP contribution in [-0.2, 0) is 6.42 Å². The molecule has 2 N–H and O–H groups in total. The molecule has 2 aliphatic heterocycles. The number of nitrogens with one attached hydrogen (secondary N) is 2. The molecule has 24 heavy (non-hydrogen) atoms. The van der Waals surface area contributed by atoms with E-state index in [0.717, 1.165) is 19.5 Å². The highest BCUT2D eigenvalue weighted by Gasteiger charge is 2.31. The summed E-state index contributed by atoms with van der Waals surface area (Å²) in [6.07, 6.45) is 1.14. The molecule has 0 spiro atoms. The van der Waals surface area contributed by atoms with Gasteiger partial charge in [-0.3, -0.25) is 0 Å². The Labute approximate surface area is 156 Å². The van der Waals surface area contributed by atoms with E-state index in [1.807, 2.05) is 0 Å². The van der Waals surface area contributed by atoms with Crippen molar-refractivity contribution in [3.63, 3.8) is 0 Å². The Kier molecular flexibility index (Phi) is 6.02. The summed E-state index contributed by atoms with van der Waals surface area (Å²) in [5, 5.41) is 7.35. The predicted molar refractivity (Wildman–Crippen MR) is 108 cm³/mol. The van der Waals surface area contributed by atoms with E-state index in [9.17, 15) is 0 Å². The zero-order chi connectivity index (χ0) is 15.1. The number of fused-ring (bicyclic) bond motifs is 2. The van der Waals surface area contributed by atoms with Crippen molar-refractivity contribution in [2.45, 2.75) is 32.4 Å². The fourth-order valence-electron chi connectivity index (χ4n) is 3.62. The van der Waals surface area contributed by atoms with Crippen LogP contribution >= 0.6 is 24.8 Å². The summed E-state index contributed by atoms with van der Waals surface area (Å²) in [5.74, 6) is 0. The van der Waals surface area contributed by atoms with Crippen LogP contribution in [0.15, 0.2) is 42.5 Å². The van der Waals surface area contributed by atoms with Gasteiger partial charge in [0.25, 0.3) is 0 Å². The summed E-state index contributed by atoms with van der Waals surface area (Å²) in [6.45, 7) is 6.42. The first-order valence-electron chi connectivity index (χ1n) is 8.22. The molecule has 1 atom stereocenters.